The van der Waals surface area contributed by atoms with E-state index in [4.69, 9.17) is 9.90 Å². The maximum Gasteiger partial charge on any atom is 1.00 e. The minimum Gasteiger partial charge on any atom is -0.702 e. The summed E-state index contributed by atoms with van der Waals surface area (Å²) in [5.41, 5.74) is 1.76. The van der Waals surface area contributed by atoms with Crippen LogP contribution in [0.25, 0.3) is 0 Å². The molecule has 2 aliphatic rings. The first kappa shape index (κ1) is 45.4. The zero-order valence-electron chi connectivity index (χ0n) is 27.4. The number of aldehydes is 1. The third kappa shape index (κ3) is 27.2. The zero-order chi connectivity index (χ0) is 34.7. The Hall–Kier alpha value is -3.70. The molecule has 4 rings (SSSR count). The molecule has 0 amide bonds. The van der Waals surface area contributed by atoms with E-state index < -0.39 is 22.8 Å². The summed E-state index contributed by atoms with van der Waals surface area (Å²) < 4.78 is 8.29. The van der Waals surface area contributed by atoms with Crippen molar-refractivity contribution in [3.63, 3.8) is 0 Å². The van der Waals surface area contributed by atoms with E-state index in [0.717, 1.165) is 32.1 Å². The first-order chi connectivity index (χ1) is 21.8. The second kappa shape index (κ2) is 28.5. The topological polar surface area (TPSA) is 209 Å². The molecule has 0 spiro atoms. The number of non-ortho nitro benzene ring substituents is 2. The van der Waals surface area contributed by atoms with Gasteiger partial charge in [-0.2, -0.15) is 0 Å². The quantitative estimate of drug-likeness (QED) is 0.186. The van der Waals surface area contributed by atoms with Gasteiger partial charge >= 0.3 is 29.6 Å². The number of hydrogen-bond donors (Lipinski definition) is 2. The molecule has 15 nitrogen and oxygen atoms in total. The second-order valence-corrected chi connectivity index (χ2v) is 9.87. The Morgan fingerprint density at radius 1 is 0.809 bits per heavy atom. The maximum atomic E-state index is 10.5. The van der Waals surface area contributed by atoms with Crippen molar-refractivity contribution in [2.45, 2.75) is 65.8 Å². The van der Waals surface area contributed by atoms with E-state index in [1.165, 1.54) is 89.7 Å². The molecule has 2 N–H and O–H groups in total. The molecule has 0 aliphatic carbocycles. The van der Waals surface area contributed by atoms with Gasteiger partial charge in [0.05, 0.1) is 9.85 Å². The van der Waals surface area contributed by atoms with Crippen LogP contribution in [0.4, 0.5) is 11.4 Å². The summed E-state index contributed by atoms with van der Waals surface area (Å²) in [5.74, 6) is -1.87. The number of aliphatic carboxylic acids is 1. The molecule has 2 radical (unpaired) electrons. The predicted molar refractivity (Wildman–Crippen MR) is 170 cm³/mol. The van der Waals surface area contributed by atoms with Crippen LogP contribution < -0.4 is 34.9 Å². The molecule has 47 heavy (non-hydrogen) atoms. The third-order valence-corrected chi connectivity index (χ3v) is 5.88. The summed E-state index contributed by atoms with van der Waals surface area (Å²) in [6.07, 6.45) is 8.73. The Labute approximate surface area is 297 Å². The molecule has 2 aliphatic heterocycles. The Kier molecular flexibility index (Phi) is 27.6. The number of carbonyl (C=O) groups is 4. The van der Waals surface area contributed by atoms with Crippen LogP contribution in [0.5, 0.6) is 0 Å². The van der Waals surface area contributed by atoms with Crippen LogP contribution in [0.1, 0.15) is 75.2 Å². The van der Waals surface area contributed by atoms with Crippen LogP contribution in [-0.2, 0) is 30.2 Å². The molecule has 17 heteroatoms. The maximum absolute atomic E-state index is 10.5. The van der Waals surface area contributed by atoms with Crippen molar-refractivity contribution in [3.8, 4) is 0 Å². The van der Waals surface area contributed by atoms with Gasteiger partial charge < -0.3 is 19.7 Å². The average Bonchev–Trinajstić information content (AvgIpc) is 3.03. The molecule has 2 heterocycles. The fraction of sp³-hybridized carbons (Fsp3) is 0.467. The zero-order valence-corrected chi connectivity index (χ0v) is 29.4. The van der Waals surface area contributed by atoms with Gasteiger partial charge in [0.2, 0.25) is 0 Å². The van der Waals surface area contributed by atoms with Crippen LogP contribution in [0, 0.1) is 20.2 Å². The number of nitrogens with zero attached hydrogens (tertiary/aromatic N) is 3. The SMILES string of the molecule is C1CCNCC1.CC(=O)O.CC(=O)O[B-]OC(C)=O.O=Cc1ccc([N+](=O)[O-])cc1.O=[N+]([O-])c1ccc(CN2CCCCC2)cc1.[Na+]. The Bertz CT molecular complexity index is 1180. The van der Waals surface area contributed by atoms with Crippen molar-refractivity contribution in [2.75, 3.05) is 26.2 Å². The number of benzene rings is 2. The molecule has 2 aromatic carbocycles. The van der Waals surface area contributed by atoms with Crippen LogP contribution in [-0.4, -0.2) is 77.9 Å². The number of likely N-dealkylation sites (tertiary alicyclic amines) is 1. The first-order valence-electron chi connectivity index (χ1n) is 14.6. The van der Waals surface area contributed by atoms with Crippen LogP contribution in [0.15, 0.2) is 48.5 Å². The number of nitrogens with one attached hydrogen (secondary N) is 1. The van der Waals surface area contributed by atoms with Gasteiger partial charge in [0.25, 0.3) is 29.3 Å². The van der Waals surface area contributed by atoms with Gasteiger partial charge in [0.15, 0.2) is 0 Å². The van der Waals surface area contributed by atoms with Crippen LogP contribution in [0.3, 0.4) is 0 Å². The standard InChI is InChI=1S/C12H16N2O2.C7H5NO3.C5H11N.C4H6BO4.C2H4O2.Na/c15-14(16)12-6-4-11(5-7-12)10-13-8-2-1-3-9-13;9-5-6-1-3-7(4-2-6)8(10)11;1-2-4-6-5-3-1;1-3(6)8-5-9-4(2)7;1-2(3)4;/h4-7H,1-3,8-10H2;1-5H;6H,1-5H2;1-2H3;1H3,(H,3,4);/q;;;-1;;+1. The molecule has 0 aromatic heterocycles. The number of hydrogen-bond acceptors (Lipinski definition) is 12. The second-order valence-electron chi connectivity index (χ2n) is 9.87. The molecule has 0 unspecified atom stereocenters. The van der Waals surface area contributed by atoms with Gasteiger partial charge in [0, 0.05) is 57.1 Å². The van der Waals surface area contributed by atoms with E-state index in [1.807, 2.05) is 12.1 Å². The fourth-order valence-electron chi connectivity index (χ4n) is 3.73. The van der Waals surface area contributed by atoms with E-state index in [2.05, 4.69) is 19.5 Å². The van der Waals surface area contributed by atoms with E-state index >= 15 is 0 Å². The predicted octanol–water partition coefficient (Wildman–Crippen LogP) is 1.49. The molecule has 0 saturated carbocycles. The van der Waals surface area contributed by atoms with E-state index in [1.54, 1.807) is 12.1 Å². The Morgan fingerprint density at radius 3 is 1.53 bits per heavy atom. The fourth-order valence-corrected chi connectivity index (χ4v) is 3.73. The van der Waals surface area contributed by atoms with Crippen molar-refractivity contribution >= 4 is 43.3 Å². The molecular weight excluding hydrogens is 626 g/mol. The number of carboxylic acids is 1. The molecular formula is C30H42BN4NaO11. The number of piperidine rings is 2. The van der Waals surface area contributed by atoms with Crippen LogP contribution in [0.2, 0.25) is 0 Å². The Balaban J connectivity index is 0. The largest absolute Gasteiger partial charge is 1.00 e. The van der Waals surface area contributed by atoms with Gasteiger partial charge in [-0.05, 0) is 69.6 Å². The van der Waals surface area contributed by atoms with Crippen molar-refractivity contribution in [1.29, 1.82) is 0 Å². The van der Waals surface area contributed by atoms with Gasteiger partial charge in [-0.3, -0.25) is 44.3 Å². The summed E-state index contributed by atoms with van der Waals surface area (Å²) in [5, 5.41) is 31.3. The van der Waals surface area contributed by atoms with Gasteiger partial charge in [0.1, 0.15) is 14.0 Å². The van der Waals surface area contributed by atoms with Crippen LogP contribution >= 0.6 is 0 Å². The molecule has 2 fully saturated rings. The number of carbonyl (C=O) groups excluding carboxylic acids is 3. The molecule has 0 atom stereocenters. The number of carboxylic acid groups (broad SMARTS) is 1. The number of nitro groups is 2. The first-order valence-corrected chi connectivity index (χ1v) is 14.6. The number of rotatable bonds is 7. The van der Waals surface area contributed by atoms with Crippen molar-refractivity contribution < 1.29 is 73.0 Å². The molecule has 2 aromatic rings. The summed E-state index contributed by atoms with van der Waals surface area (Å²) >= 11 is 0. The summed E-state index contributed by atoms with van der Waals surface area (Å²) in [4.78, 5) is 61.2. The van der Waals surface area contributed by atoms with Crippen molar-refractivity contribution in [2.24, 2.45) is 0 Å². The van der Waals surface area contributed by atoms with Gasteiger partial charge in [-0.1, -0.05) is 25.0 Å². The van der Waals surface area contributed by atoms with Gasteiger partial charge in [-0.15, -0.1) is 0 Å². The van der Waals surface area contributed by atoms with E-state index in [-0.39, 0.29) is 45.9 Å². The normalized spacial score (nSPS) is 13.2. The smallest absolute Gasteiger partial charge is 0.702 e. The van der Waals surface area contributed by atoms with Crippen molar-refractivity contribution in [3.05, 3.63) is 79.9 Å². The average molecular weight is 668 g/mol. The minimum atomic E-state index is -0.833. The summed E-state index contributed by atoms with van der Waals surface area (Å²) in [6, 6.07) is 12.3. The minimum absolute atomic E-state index is 0. The number of nitro benzene ring substituents is 2. The van der Waals surface area contributed by atoms with E-state index in [0.29, 0.717) is 19.5 Å². The third-order valence-electron chi connectivity index (χ3n) is 5.88. The molecule has 2 saturated heterocycles. The molecule has 0 bridgehead atoms. The summed E-state index contributed by atoms with van der Waals surface area (Å²) in [7, 11) is 0.699. The Morgan fingerprint density at radius 2 is 1.21 bits per heavy atom. The van der Waals surface area contributed by atoms with E-state index in [9.17, 15) is 34.6 Å². The van der Waals surface area contributed by atoms with Gasteiger partial charge in [-0.25, -0.2) is 0 Å². The van der Waals surface area contributed by atoms with Crippen molar-refractivity contribution in [1.82, 2.24) is 10.2 Å². The monoisotopic (exact) mass is 668 g/mol. The summed E-state index contributed by atoms with van der Waals surface area (Å²) in [6.45, 7) is 9.21. The molecule has 252 valence electrons.